The first kappa shape index (κ1) is 56.4. The Labute approximate surface area is 431 Å². The molecule has 0 radical (unpaired) electrons. The highest BCUT2D eigenvalue weighted by Gasteiger charge is 2.88. The van der Waals surface area contributed by atoms with Gasteiger partial charge < -0.3 is 45.4 Å². The topological polar surface area (TPSA) is 247 Å². The first-order valence-corrected chi connectivity index (χ1v) is 26.9. The summed E-state index contributed by atoms with van der Waals surface area (Å²) in [5, 5.41) is 77.6. The molecule has 15 unspecified atom stereocenters. The van der Waals surface area contributed by atoms with Crippen LogP contribution in [0, 0.1) is 29.1 Å². The summed E-state index contributed by atoms with van der Waals surface area (Å²) in [6.07, 6.45) is 3.38. The number of esters is 1. The third kappa shape index (κ3) is 9.42. The van der Waals surface area contributed by atoms with Crippen LogP contribution in [0.1, 0.15) is 128 Å². The van der Waals surface area contributed by atoms with Crippen molar-refractivity contribution < 1.29 is 62.4 Å². The number of nitrogens with zero attached hydrogens (tertiary/aromatic N) is 1. The van der Waals surface area contributed by atoms with E-state index in [4.69, 9.17) is 27.0 Å². The molecule has 15 atom stereocenters. The molecule has 4 saturated carbocycles. The quantitative estimate of drug-likeness (QED) is 0.0647. The second-order valence-electron chi connectivity index (χ2n) is 22.4. The lowest BCUT2D eigenvalue weighted by atomic mass is 9.49. The zero-order valence-corrected chi connectivity index (χ0v) is 43.9. The summed E-state index contributed by atoms with van der Waals surface area (Å²) in [6.45, 7) is 13.3. The van der Waals surface area contributed by atoms with Gasteiger partial charge in [-0.3, -0.25) is 14.0 Å². The van der Waals surface area contributed by atoms with Crippen LogP contribution in [0.15, 0.2) is 103 Å². The number of hydrogen-bond acceptors (Lipinski definition) is 13. The van der Waals surface area contributed by atoms with E-state index in [1.165, 1.54) is 16.7 Å². The maximum absolute atomic E-state index is 12.9. The Kier molecular flexibility index (Phi) is 16.2. The fraction of sp³-hybridized carbons (Fsp3) is 0.618. The molecule has 3 aromatic rings. The van der Waals surface area contributed by atoms with Gasteiger partial charge in [0.05, 0.1) is 11.7 Å². The molecule has 17 heteroatoms. The summed E-state index contributed by atoms with van der Waals surface area (Å²) < 4.78 is 44.2. The minimum Gasteiger partial charge on any atom is -0.453 e. The average molecular weight is 1040 g/mol. The van der Waals surface area contributed by atoms with Crippen LogP contribution in [-0.4, -0.2) is 131 Å². The minimum absolute atomic E-state index is 0. The Morgan fingerprint density at radius 1 is 0.819 bits per heavy atom. The zero-order chi connectivity index (χ0) is 51.6. The van der Waals surface area contributed by atoms with E-state index >= 15 is 0 Å². The molecule has 4 bridgehead atoms. The highest BCUT2D eigenvalue weighted by atomic mass is 35.5. The number of allylic oxidation sites excluding steroid dienone is 1. The van der Waals surface area contributed by atoms with Crippen LogP contribution in [0.25, 0.3) is 0 Å². The van der Waals surface area contributed by atoms with E-state index in [-0.39, 0.29) is 37.8 Å². The fourth-order valence-corrected chi connectivity index (χ4v) is 15.0. The van der Waals surface area contributed by atoms with E-state index < -0.39 is 85.5 Å². The number of benzene rings is 3. The smallest absolute Gasteiger partial charge is 0.394 e. The van der Waals surface area contributed by atoms with Crippen molar-refractivity contribution in [2.24, 2.45) is 29.1 Å². The van der Waals surface area contributed by atoms with Gasteiger partial charge in [-0.1, -0.05) is 111 Å². The van der Waals surface area contributed by atoms with Crippen molar-refractivity contribution in [1.29, 1.82) is 0 Å². The van der Waals surface area contributed by atoms with Gasteiger partial charge in [-0.05, 0) is 102 Å². The summed E-state index contributed by atoms with van der Waals surface area (Å²) in [6, 6.07) is 32.3. The minimum atomic E-state index is -4.67. The number of hydrogen-bond donors (Lipinski definition) is 9. The van der Waals surface area contributed by atoms with Crippen LogP contribution in [0.3, 0.4) is 0 Å². The number of aliphatic hydroxyl groups excluding tert-OH is 1. The molecule has 7 fully saturated rings. The van der Waals surface area contributed by atoms with Gasteiger partial charge >= 0.3 is 16.4 Å². The highest BCUT2D eigenvalue weighted by Crippen LogP contribution is 2.78. The van der Waals surface area contributed by atoms with E-state index in [1.54, 1.807) is 26.8 Å². The van der Waals surface area contributed by atoms with Crippen molar-refractivity contribution in [2.75, 3.05) is 19.6 Å². The van der Waals surface area contributed by atoms with Gasteiger partial charge in [0.25, 0.3) is 0 Å². The van der Waals surface area contributed by atoms with Crippen LogP contribution >= 0.6 is 12.4 Å². The number of carbonyl (C=O) groups is 1. The summed E-state index contributed by atoms with van der Waals surface area (Å²) in [4.78, 5) is 14.9. The predicted octanol–water partition coefficient (Wildman–Crippen LogP) is 6.32. The van der Waals surface area contributed by atoms with Crippen LogP contribution < -0.4 is 5.32 Å². The van der Waals surface area contributed by atoms with E-state index in [0.717, 1.165) is 19.4 Å². The predicted molar refractivity (Wildman–Crippen MR) is 273 cm³/mol. The number of nitrogens with one attached hydrogen (secondary N) is 1. The van der Waals surface area contributed by atoms with Gasteiger partial charge in [-0.15, -0.1) is 12.4 Å². The molecule has 0 aromatic heterocycles. The number of piperidine rings is 2. The third-order valence-corrected chi connectivity index (χ3v) is 18.6. The van der Waals surface area contributed by atoms with Gasteiger partial charge in [-0.2, -0.15) is 8.42 Å². The lowest BCUT2D eigenvalue weighted by Gasteiger charge is -2.68. The highest BCUT2D eigenvalue weighted by molar-refractivity contribution is 7.79. The van der Waals surface area contributed by atoms with E-state index in [1.807, 2.05) is 6.92 Å². The third-order valence-electron chi connectivity index (χ3n) is 18.6. The Bertz CT molecular complexity index is 2460. The molecule has 3 saturated heterocycles. The van der Waals surface area contributed by atoms with Gasteiger partial charge in [0.15, 0.2) is 6.10 Å². The van der Waals surface area contributed by atoms with Crippen molar-refractivity contribution in [3.8, 4) is 0 Å². The van der Waals surface area contributed by atoms with E-state index in [0.29, 0.717) is 62.1 Å². The first-order valence-electron chi connectivity index (χ1n) is 25.5. The van der Waals surface area contributed by atoms with Crippen molar-refractivity contribution in [2.45, 2.75) is 163 Å². The number of ether oxygens (including phenoxy) is 2. The molecular weight excluding hydrogens is 964 g/mol. The maximum Gasteiger partial charge on any atom is 0.394 e. The van der Waals surface area contributed by atoms with Crippen molar-refractivity contribution >= 4 is 28.8 Å². The molecular formula is C55H77ClN2O13S. The molecule has 10 rings (SSSR count). The van der Waals surface area contributed by atoms with Crippen molar-refractivity contribution in [3.63, 3.8) is 0 Å². The summed E-state index contributed by atoms with van der Waals surface area (Å²) in [7, 11) is -4.67. The molecule has 3 aromatic carbocycles. The molecule has 3 aliphatic heterocycles. The summed E-state index contributed by atoms with van der Waals surface area (Å²) >= 11 is 0. The number of fused-ring (bicyclic) bond motifs is 5. The second kappa shape index (κ2) is 20.7. The second-order valence-corrected chi connectivity index (χ2v) is 23.3. The molecule has 9 N–H and O–H groups in total. The number of carbonyl (C=O) groups excluding carboxylic acids is 1. The Morgan fingerprint density at radius 3 is 1.92 bits per heavy atom. The standard InChI is InChI=1S/C32H49NO9.C23H25N.ClH.H2O4S/c1-6-18(3)25(35)41-24-11-12-26(4)19-8-9-20-28(37)13-23(34)31(39)21(29(28,38)16-30(20,26)42-32(19,24)40)15-33-14-17(2)7-10-22(33)27(31,5)36;1-19(20-11-5-2-6-12-20)24-18-17-23(21-13-7-3-8-14-21)22-15-9-4-10-16-22;;1-5(2,3)4/h6,17,19-24,34,36-40H,7-16H2,1-5H3;2-16,19,23-24H,17-18H2,1H3;1H;(H2,1,2,3,4). The van der Waals surface area contributed by atoms with Crippen LogP contribution in [0.2, 0.25) is 0 Å². The van der Waals surface area contributed by atoms with Gasteiger partial charge in [0, 0.05) is 72.7 Å². The van der Waals surface area contributed by atoms with E-state index in [2.05, 4.69) is 115 Å². The van der Waals surface area contributed by atoms with Crippen LogP contribution in [-0.2, 0) is 24.7 Å². The SMILES string of the molecule is CC(NCCC(c1ccccc1)c1ccccc1)c1ccccc1.CC=C(C)C(=O)OC1CCC2(C)C3CCC4C5(O)CC(O)C6(O)C(CN7CC(C)CCC7C6(C)O)C5(O)CC42OC13O.Cl.O=S(=O)(O)O. The summed E-state index contributed by atoms with van der Waals surface area (Å²) in [5.41, 5.74) is -4.84. The zero-order valence-electron chi connectivity index (χ0n) is 42.3. The fourth-order valence-electron chi connectivity index (χ4n) is 15.0. The van der Waals surface area contributed by atoms with Crippen LogP contribution in [0.5, 0.6) is 0 Å². The lowest BCUT2D eigenvalue weighted by molar-refractivity contribution is -0.354. The van der Waals surface area contributed by atoms with Crippen LogP contribution in [0.4, 0.5) is 0 Å². The van der Waals surface area contributed by atoms with Crippen molar-refractivity contribution in [1.82, 2.24) is 10.2 Å². The first-order chi connectivity index (χ1) is 33.3. The Balaban J connectivity index is 0.000000215. The Morgan fingerprint density at radius 2 is 1.36 bits per heavy atom. The number of halogens is 1. The van der Waals surface area contributed by atoms with Gasteiger partial charge in [0.2, 0.25) is 5.79 Å². The number of aliphatic hydroxyl groups is 6. The molecule has 72 heavy (non-hydrogen) atoms. The summed E-state index contributed by atoms with van der Waals surface area (Å²) in [5.74, 6) is -3.61. The Hall–Kier alpha value is -3.33. The molecule has 15 nitrogen and oxygen atoms in total. The largest absolute Gasteiger partial charge is 0.453 e. The molecule has 0 amide bonds. The normalized spacial score (nSPS) is 40.0. The number of rotatable bonds is 9. The molecule has 398 valence electrons. The van der Waals surface area contributed by atoms with Gasteiger partial charge in [-0.25, -0.2) is 4.79 Å². The van der Waals surface area contributed by atoms with Crippen molar-refractivity contribution in [3.05, 3.63) is 119 Å². The van der Waals surface area contributed by atoms with E-state index in [9.17, 15) is 35.4 Å². The maximum atomic E-state index is 12.9. The molecule has 4 aliphatic carbocycles. The van der Waals surface area contributed by atoms with Gasteiger partial charge in [0.1, 0.15) is 22.4 Å². The average Bonchev–Trinajstić information content (AvgIpc) is 3.50. The molecule has 3 heterocycles. The molecule has 1 spiro atoms. The molecule has 7 aliphatic rings. The lowest BCUT2D eigenvalue weighted by Crippen LogP contribution is -2.85. The monoisotopic (exact) mass is 1040 g/mol.